The molecule has 128 valence electrons. The molecule has 6 heteroatoms. The highest BCUT2D eigenvalue weighted by Crippen LogP contribution is 2.44. The van der Waals surface area contributed by atoms with E-state index in [1.807, 2.05) is 6.07 Å². The van der Waals surface area contributed by atoms with Crippen LogP contribution < -0.4 is 4.90 Å². The van der Waals surface area contributed by atoms with Crippen LogP contribution in [0, 0.1) is 17.8 Å². The van der Waals surface area contributed by atoms with E-state index in [1.54, 1.807) is 24.3 Å². The van der Waals surface area contributed by atoms with Gasteiger partial charge in [0.05, 0.1) is 23.4 Å². The summed E-state index contributed by atoms with van der Waals surface area (Å²) in [7, 11) is 0. The lowest BCUT2D eigenvalue weighted by Crippen LogP contribution is -2.31. The van der Waals surface area contributed by atoms with E-state index in [0.717, 1.165) is 5.39 Å². The molecule has 2 aromatic carbocycles. The predicted molar refractivity (Wildman–Crippen MR) is 90.1 cm³/mol. The van der Waals surface area contributed by atoms with Gasteiger partial charge >= 0.3 is 5.97 Å². The Morgan fingerprint density at radius 1 is 1.04 bits per heavy atom. The minimum absolute atomic E-state index is 0.0578. The van der Waals surface area contributed by atoms with Gasteiger partial charge in [0, 0.05) is 5.39 Å². The number of phenolic OH excluding ortho intramolecular Hbond substituents is 1. The molecule has 0 spiro atoms. The minimum Gasteiger partial charge on any atom is -0.508 e. The molecule has 6 nitrogen and oxygen atoms in total. The van der Waals surface area contributed by atoms with Crippen LogP contribution in [0.2, 0.25) is 0 Å². The summed E-state index contributed by atoms with van der Waals surface area (Å²) in [5.74, 6) is -3.05. The van der Waals surface area contributed by atoms with Crippen molar-refractivity contribution in [3.63, 3.8) is 0 Å². The number of fused-ring (bicyclic) bond motifs is 2. The molecule has 2 N–H and O–H groups in total. The Kier molecular flexibility index (Phi) is 3.49. The van der Waals surface area contributed by atoms with E-state index >= 15 is 0 Å². The van der Waals surface area contributed by atoms with E-state index in [2.05, 4.69) is 0 Å². The SMILES string of the molecule is O=C(O)C1CCC2C(=O)N(c3cccc4ccc(O)cc34)C(=O)C2C1. The number of amides is 2. The van der Waals surface area contributed by atoms with Gasteiger partial charge in [0.15, 0.2) is 0 Å². The number of aliphatic carboxylic acids is 1. The van der Waals surface area contributed by atoms with Crippen LogP contribution in [0.1, 0.15) is 19.3 Å². The van der Waals surface area contributed by atoms with Gasteiger partial charge in [0.25, 0.3) is 0 Å². The van der Waals surface area contributed by atoms with Crippen LogP contribution in [0.3, 0.4) is 0 Å². The van der Waals surface area contributed by atoms with Gasteiger partial charge in [-0.2, -0.15) is 0 Å². The molecule has 25 heavy (non-hydrogen) atoms. The number of imide groups is 1. The molecule has 2 amide bonds. The molecule has 4 rings (SSSR count). The van der Waals surface area contributed by atoms with Gasteiger partial charge in [-0.25, -0.2) is 4.90 Å². The second-order valence-corrected chi connectivity index (χ2v) is 6.76. The van der Waals surface area contributed by atoms with E-state index in [4.69, 9.17) is 0 Å². The van der Waals surface area contributed by atoms with E-state index in [-0.39, 0.29) is 24.0 Å². The highest BCUT2D eigenvalue weighted by molar-refractivity contribution is 6.25. The third-order valence-electron chi connectivity index (χ3n) is 5.36. The first-order valence-electron chi connectivity index (χ1n) is 8.29. The monoisotopic (exact) mass is 339 g/mol. The standard InChI is InChI=1S/C19H17NO5/c21-12-6-4-10-2-1-3-16(14(10)9-12)20-17(22)13-7-5-11(19(24)25)8-15(13)18(20)23/h1-4,6,9,11,13,15,21H,5,7-8H2,(H,24,25). The lowest BCUT2D eigenvalue weighted by Gasteiger charge is -2.25. The van der Waals surface area contributed by atoms with Crippen molar-refractivity contribution in [2.75, 3.05) is 4.90 Å². The third-order valence-corrected chi connectivity index (χ3v) is 5.36. The normalized spacial score (nSPS) is 26.1. The number of carbonyl (C=O) groups is 3. The van der Waals surface area contributed by atoms with Crippen LogP contribution >= 0.6 is 0 Å². The molecule has 1 aliphatic heterocycles. The van der Waals surface area contributed by atoms with Crippen LogP contribution in [0.4, 0.5) is 5.69 Å². The molecule has 0 radical (unpaired) electrons. The number of hydrogen-bond acceptors (Lipinski definition) is 4. The van der Waals surface area contributed by atoms with Crippen LogP contribution in [0.25, 0.3) is 10.8 Å². The smallest absolute Gasteiger partial charge is 0.306 e. The summed E-state index contributed by atoms with van der Waals surface area (Å²) in [6.45, 7) is 0. The number of carboxylic acid groups (broad SMARTS) is 1. The summed E-state index contributed by atoms with van der Waals surface area (Å²) in [4.78, 5) is 38.2. The van der Waals surface area contributed by atoms with Crippen LogP contribution in [-0.2, 0) is 14.4 Å². The summed E-state index contributed by atoms with van der Waals surface area (Å²) in [5, 5.41) is 20.4. The second kappa shape index (κ2) is 5.58. The Labute approximate surface area is 143 Å². The van der Waals surface area contributed by atoms with Crippen molar-refractivity contribution in [2.24, 2.45) is 17.8 Å². The number of nitrogens with zero attached hydrogens (tertiary/aromatic N) is 1. The Balaban J connectivity index is 1.77. The molecule has 2 aliphatic rings. The average Bonchev–Trinajstić information content (AvgIpc) is 2.85. The number of rotatable bonds is 2. The molecule has 1 saturated heterocycles. The molecule has 1 heterocycles. The highest BCUT2D eigenvalue weighted by Gasteiger charge is 2.51. The molecule has 2 aromatic rings. The van der Waals surface area contributed by atoms with Gasteiger partial charge in [-0.1, -0.05) is 18.2 Å². The number of hydrogen-bond donors (Lipinski definition) is 2. The lowest BCUT2D eigenvalue weighted by atomic mass is 9.75. The first-order chi connectivity index (χ1) is 12.0. The third kappa shape index (κ3) is 2.36. The first-order valence-corrected chi connectivity index (χ1v) is 8.29. The van der Waals surface area contributed by atoms with Gasteiger partial charge in [-0.05, 0) is 42.8 Å². The summed E-state index contributed by atoms with van der Waals surface area (Å²) < 4.78 is 0. The zero-order valence-electron chi connectivity index (χ0n) is 13.4. The van der Waals surface area contributed by atoms with Gasteiger partial charge in [-0.15, -0.1) is 0 Å². The summed E-state index contributed by atoms with van der Waals surface area (Å²) in [6.07, 6.45) is 1.04. The fraction of sp³-hybridized carbons (Fsp3) is 0.316. The molecular weight excluding hydrogens is 322 g/mol. The molecule has 3 atom stereocenters. The second-order valence-electron chi connectivity index (χ2n) is 6.76. The van der Waals surface area contributed by atoms with Gasteiger partial charge < -0.3 is 10.2 Å². The van der Waals surface area contributed by atoms with Crippen LogP contribution in [0.15, 0.2) is 36.4 Å². The number of phenols is 1. The first kappa shape index (κ1) is 15.6. The van der Waals surface area contributed by atoms with Gasteiger partial charge in [0.1, 0.15) is 5.75 Å². The number of carbonyl (C=O) groups excluding carboxylic acids is 2. The van der Waals surface area contributed by atoms with Crippen molar-refractivity contribution in [1.29, 1.82) is 0 Å². The van der Waals surface area contributed by atoms with E-state index < -0.39 is 23.7 Å². The van der Waals surface area contributed by atoms with Gasteiger partial charge in [-0.3, -0.25) is 14.4 Å². The molecular formula is C19H17NO5. The van der Waals surface area contributed by atoms with Crippen molar-refractivity contribution in [2.45, 2.75) is 19.3 Å². The highest BCUT2D eigenvalue weighted by atomic mass is 16.4. The molecule has 1 aliphatic carbocycles. The number of aromatic hydroxyl groups is 1. The predicted octanol–water partition coefficient (Wildman–Crippen LogP) is 2.54. The van der Waals surface area contributed by atoms with E-state index in [0.29, 0.717) is 23.9 Å². The number of anilines is 1. The lowest BCUT2D eigenvalue weighted by molar-refractivity contribution is -0.144. The average molecular weight is 339 g/mol. The maximum Gasteiger partial charge on any atom is 0.306 e. The maximum absolute atomic E-state index is 12.9. The summed E-state index contributed by atoms with van der Waals surface area (Å²) in [6, 6.07) is 10.1. The Bertz CT molecular complexity index is 906. The molecule has 0 aromatic heterocycles. The van der Waals surface area contributed by atoms with E-state index in [1.165, 1.54) is 11.0 Å². The number of benzene rings is 2. The number of carboxylic acids is 1. The summed E-state index contributed by atoms with van der Waals surface area (Å²) >= 11 is 0. The minimum atomic E-state index is -0.910. The fourth-order valence-corrected chi connectivity index (χ4v) is 4.08. The van der Waals surface area contributed by atoms with Crippen molar-refractivity contribution in [1.82, 2.24) is 0 Å². The molecule has 3 unspecified atom stereocenters. The fourth-order valence-electron chi connectivity index (χ4n) is 4.08. The Morgan fingerprint density at radius 3 is 2.56 bits per heavy atom. The molecule has 2 fully saturated rings. The zero-order valence-corrected chi connectivity index (χ0v) is 13.4. The van der Waals surface area contributed by atoms with E-state index in [9.17, 15) is 24.6 Å². The largest absolute Gasteiger partial charge is 0.508 e. The quantitative estimate of drug-likeness (QED) is 0.820. The van der Waals surface area contributed by atoms with Crippen LogP contribution in [-0.4, -0.2) is 28.0 Å². The Morgan fingerprint density at radius 2 is 1.80 bits per heavy atom. The Hall–Kier alpha value is -2.89. The van der Waals surface area contributed by atoms with Crippen LogP contribution in [0.5, 0.6) is 5.75 Å². The van der Waals surface area contributed by atoms with Crippen molar-refractivity contribution < 1.29 is 24.6 Å². The maximum atomic E-state index is 12.9. The van der Waals surface area contributed by atoms with Gasteiger partial charge in [0.2, 0.25) is 11.8 Å². The van der Waals surface area contributed by atoms with Crippen molar-refractivity contribution >= 4 is 34.2 Å². The molecule has 0 bridgehead atoms. The molecule has 1 saturated carbocycles. The topological polar surface area (TPSA) is 94.9 Å². The zero-order chi connectivity index (χ0) is 17.7. The van der Waals surface area contributed by atoms with Crippen molar-refractivity contribution in [3.8, 4) is 5.75 Å². The van der Waals surface area contributed by atoms with Crippen molar-refractivity contribution in [3.05, 3.63) is 36.4 Å². The summed E-state index contributed by atoms with van der Waals surface area (Å²) in [5.41, 5.74) is 0.449.